The van der Waals surface area contributed by atoms with Gasteiger partial charge in [0.25, 0.3) is 0 Å². The molecule has 0 aromatic heterocycles. The standard InChI is InChI=1S/C10H11IO2/c1-3-9(12)7-4-6(2)5-8(11)10(7)13/h4-5,13H,3H2,1-2H3. The second-order valence-corrected chi connectivity index (χ2v) is 4.08. The molecule has 0 bridgehead atoms. The molecular formula is C10H11IO2. The van der Waals surface area contributed by atoms with E-state index < -0.39 is 0 Å². The van der Waals surface area contributed by atoms with E-state index in [0.29, 0.717) is 12.0 Å². The van der Waals surface area contributed by atoms with Crippen LogP contribution >= 0.6 is 22.6 Å². The maximum atomic E-state index is 11.4. The Morgan fingerprint density at radius 2 is 2.15 bits per heavy atom. The SMILES string of the molecule is CCC(=O)c1cc(C)cc(I)c1O. The van der Waals surface area contributed by atoms with Crippen molar-refractivity contribution in [1.29, 1.82) is 0 Å². The Labute approximate surface area is 91.1 Å². The van der Waals surface area contributed by atoms with Gasteiger partial charge < -0.3 is 5.11 Å². The number of phenolic OH excluding ortho intramolecular Hbond substituents is 1. The molecule has 70 valence electrons. The first kappa shape index (κ1) is 10.5. The summed E-state index contributed by atoms with van der Waals surface area (Å²) in [6, 6.07) is 3.58. The third kappa shape index (κ3) is 2.21. The molecule has 0 atom stereocenters. The van der Waals surface area contributed by atoms with Crippen molar-refractivity contribution in [1.82, 2.24) is 0 Å². The number of carbonyl (C=O) groups excluding carboxylic acids is 1. The lowest BCUT2D eigenvalue weighted by Crippen LogP contribution is -1.98. The van der Waals surface area contributed by atoms with Gasteiger partial charge in [0.2, 0.25) is 0 Å². The van der Waals surface area contributed by atoms with E-state index in [9.17, 15) is 9.90 Å². The average Bonchev–Trinajstić information content (AvgIpc) is 2.10. The molecule has 13 heavy (non-hydrogen) atoms. The molecular weight excluding hydrogens is 279 g/mol. The van der Waals surface area contributed by atoms with Gasteiger partial charge in [-0.25, -0.2) is 0 Å². The van der Waals surface area contributed by atoms with Gasteiger partial charge in [-0.2, -0.15) is 0 Å². The Balaban J connectivity index is 3.28. The fourth-order valence-electron chi connectivity index (χ4n) is 1.14. The number of phenols is 1. The van der Waals surface area contributed by atoms with Crippen LogP contribution in [0.4, 0.5) is 0 Å². The lowest BCUT2D eigenvalue weighted by molar-refractivity contribution is 0.0985. The van der Waals surface area contributed by atoms with Gasteiger partial charge in [-0.1, -0.05) is 6.92 Å². The van der Waals surface area contributed by atoms with Crippen LogP contribution in [0.15, 0.2) is 12.1 Å². The number of Topliss-reactive ketones (excluding diaryl/α,β-unsaturated/α-hetero) is 1. The first-order valence-corrected chi connectivity index (χ1v) is 5.16. The van der Waals surface area contributed by atoms with Crippen LogP contribution in [0, 0.1) is 10.5 Å². The summed E-state index contributed by atoms with van der Waals surface area (Å²) in [6.45, 7) is 3.70. The summed E-state index contributed by atoms with van der Waals surface area (Å²) in [4.78, 5) is 11.4. The van der Waals surface area contributed by atoms with Gasteiger partial charge in [0.05, 0.1) is 9.13 Å². The van der Waals surface area contributed by atoms with E-state index in [-0.39, 0.29) is 11.5 Å². The van der Waals surface area contributed by atoms with Gasteiger partial charge >= 0.3 is 0 Å². The molecule has 0 spiro atoms. The number of aromatic hydroxyl groups is 1. The zero-order chi connectivity index (χ0) is 10.0. The molecule has 0 aliphatic rings. The Bertz CT molecular complexity index is 345. The van der Waals surface area contributed by atoms with E-state index in [1.807, 2.05) is 35.6 Å². The van der Waals surface area contributed by atoms with Crippen LogP contribution in [0.25, 0.3) is 0 Å². The summed E-state index contributed by atoms with van der Waals surface area (Å²) >= 11 is 2.02. The van der Waals surface area contributed by atoms with Gasteiger partial charge in [0, 0.05) is 6.42 Å². The predicted octanol–water partition coefficient (Wildman–Crippen LogP) is 2.90. The van der Waals surface area contributed by atoms with Crippen LogP contribution in [-0.2, 0) is 0 Å². The normalized spacial score (nSPS) is 10.1. The molecule has 0 heterocycles. The molecule has 0 radical (unpaired) electrons. The lowest BCUT2D eigenvalue weighted by atomic mass is 10.1. The van der Waals surface area contributed by atoms with Crippen molar-refractivity contribution < 1.29 is 9.90 Å². The molecule has 1 aromatic carbocycles. The number of halogens is 1. The van der Waals surface area contributed by atoms with Crippen LogP contribution in [0.2, 0.25) is 0 Å². The van der Waals surface area contributed by atoms with Gasteiger partial charge in [-0.05, 0) is 47.2 Å². The van der Waals surface area contributed by atoms with E-state index in [2.05, 4.69) is 0 Å². The molecule has 0 amide bonds. The molecule has 0 unspecified atom stereocenters. The Hall–Kier alpha value is -0.580. The number of ketones is 1. The minimum Gasteiger partial charge on any atom is -0.506 e. The second-order valence-electron chi connectivity index (χ2n) is 2.92. The van der Waals surface area contributed by atoms with Crippen molar-refractivity contribution in [3.63, 3.8) is 0 Å². The first-order valence-electron chi connectivity index (χ1n) is 4.08. The Morgan fingerprint density at radius 3 is 2.69 bits per heavy atom. The topological polar surface area (TPSA) is 37.3 Å². The van der Waals surface area contributed by atoms with Crippen LogP contribution < -0.4 is 0 Å². The van der Waals surface area contributed by atoms with Gasteiger partial charge in [0.1, 0.15) is 5.75 Å². The zero-order valence-electron chi connectivity index (χ0n) is 7.60. The summed E-state index contributed by atoms with van der Waals surface area (Å²) in [7, 11) is 0. The molecule has 2 nitrogen and oxygen atoms in total. The molecule has 0 saturated heterocycles. The first-order chi connectivity index (χ1) is 6.06. The fourth-order valence-corrected chi connectivity index (χ4v) is 1.92. The molecule has 0 saturated carbocycles. The number of carbonyl (C=O) groups is 1. The van der Waals surface area contributed by atoms with E-state index in [0.717, 1.165) is 9.13 Å². The smallest absolute Gasteiger partial charge is 0.166 e. The predicted molar refractivity (Wildman–Crippen MR) is 60.2 cm³/mol. The van der Waals surface area contributed by atoms with Gasteiger partial charge in [0.15, 0.2) is 5.78 Å². The van der Waals surface area contributed by atoms with Crippen LogP contribution in [-0.4, -0.2) is 10.9 Å². The summed E-state index contributed by atoms with van der Waals surface area (Å²) in [5, 5.41) is 9.60. The molecule has 0 aliphatic carbocycles. The highest BCUT2D eigenvalue weighted by Gasteiger charge is 2.12. The maximum absolute atomic E-state index is 11.4. The number of hydrogen-bond donors (Lipinski definition) is 1. The summed E-state index contributed by atoms with van der Waals surface area (Å²) < 4.78 is 0.731. The van der Waals surface area contributed by atoms with Crippen LogP contribution in [0.5, 0.6) is 5.75 Å². The largest absolute Gasteiger partial charge is 0.506 e. The molecule has 0 aliphatic heterocycles. The highest BCUT2D eigenvalue weighted by Crippen LogP contribution is 2.26. The van der Waals surface area contributed by atoms with Gasteiger partial charge in [-0.15, -0.1) is 0 Å². The third-order valence-corrected chi connectivity index (χ3v) is 2.65. The number of aryl methyl sites for hydroxylation is 1. The van der Waals surface area contributed by atoms with Crippen molar-refractivity contribution in [3.05, 3.63) is 26.8 Å². The summed E-state index contributed by atoms with van der Waals surface area (Å²) in [6.07, 6.45) is 0.424. The lowest BCUT2D eigenvalue weighted by Gasteiger charge is -2.05. The third-order valence-electron chi connectivity index (χ3n) is 1.83. The zero-order valence-corrected chi connectivity index (χ0v) is 9.75. The summed E-state index contributed by atoms with van der Waals surface area (Å²) in [5.74, 6) is 0.0946. The van der Waals surface area contributed by atoms with Crippen molar-refractivity contribution in [3.8, 4) is 5.75 Å². The second kappa shape index (κ2) is 4.09. The average molecular weight is 290 g/mol. The minimum absolute atomic E-state index is 0.0147. The Morgan fingerprint density at radius 1 is 1.54 bits per heavy atom. The Kier molecular flexibility index (Phi) is 3.30. The molecule has 1 N–H and O–H groups in total. The minimum atomic E-state index is -0.0147. The van der Waals surface area contributed by atoms with Crippen molar-refractivity contribution in [2.75, 3.05) is 0 Å². The molecule has 1 aromatic rings. The highest BCUT2D eigenvalue weighted by molar-refractivity contribution is 14.1. The van der Waals surface area contributed by atoms with Crippen LogP contribution in [0.3, 0.4) is 0 Å². The summed E-state index contributed by atoms with van der Waals surface area (Å²) in [5.41, 5.74) is 1.44. The maximum Gasteiger partial charge on any atom is 0.166 e. The van der Waals surface area contributed by atoms with Crippen LogP contribution in [0.1, 0.15) is 29.3 Å². The van der Waals surface area contributed by atoms with Crippen molar-refractivity contribution in [2.24, 2.45) is 0 Å². The van der Waals surface area contributed by atoms with Crippen molar-refractivity contribution >= 4 is 28.4 Å². The van der Waals surface area contributed by atoms with E-state index >= 15 is 0 Å². The number of hydrogen-bond acceptors (Lipinski definition) is 2. The fraction of sp³-hybridized carbons (Fsp3) is 0.300. The van der Waals surface area contributed by atoms with E-state index in [1.165, 1.54) is 0 Å². The molecule has 3 heteroatoms. The van der Waals surface area contributed by atoms with Crippen molar-refractivity contribution in [2.45, 2.75) is 20.3 Å². The van der Waals surface area contributed by atoms with E-state index in [4.69, 9.17) is 0 Å². The molecule has 0 fully saturated rings. The van der Waals surface area contributed by atoms with Gasteiger partial charge in [-0.3, -0.25) is 4.79 Å². The number of benzene rings is 1. The molecule has 1 rings (SSSR count). The number of rotatable bonds is 2. The highest BCUT2D eigenvalue weighted by atomic mass is 127. The monoisotopic (exact) mass is 290 g/mol. The quantitative estimate of drug-likeness (QED) is 0.671. The van der Waals surface area contributed by atoms with E-state index in [1.54, 1.807) is 13.0 Å².